The predicted octanol–water partition coefficient (Wildman–Crippen LogP) is 4.50. The predicted molar refractivity (Wildman–Crippen MR) is 138 cm³/mol. The number of fused-ring (bicyclic) bond motifs is 1. The Kier molecular flexibility index (Phi) is 7.76. The van der Waals surface area contributed by atoms with Crippen molar-refractivity contribution < 1.29 is 33.3 Å². The summed E-state index contributed by atoms with van der Waals surface area (Å²) >= 11 is 0. The number of ketones is 1. The van der Waals surface area contributed by atoms with E-state index in [9.17, 15) is 9.59 Å². The number of benzene rings is 2. The van der Waals surface area contributed by atoms with Crippen molar-refractivity contribution in [2.45, 2.75) is 32.1 Å². The van der Waals surface area contributed by atoms with Gasteiger partial charge in [0.15, 0.2) is 23.0 Å². The molecule has 0 fully saturated rings. The minimum atomic E-state index is -0.572. The summed E-state index contributed by atoms with van der Waals surface area (Å²) in [5.41, 5.74) is 3.55. The molecule has 0 bridgehead atoms. The van der Waals surface area contributed by atoms with E-state index in [4.69, 9.17) is 23.7 Å². The first kappa shape index (κ1) is 26.1. The van der Waals surface area contributed by atoms with Crippen molar-refractivity contribution in [2.75, 3.05) is 35.0 Å². The molecule has 0 amide bonds. The highest BCUT2D eigenvalue weighted by molar-refractivity contribution is 5.96. The highest BCUT2D eigenvalue weighted by atomic mass is 16.5. The molecule has 37 heavy (non-hydrogen) atoms. The molecule has 1 heterocycles. The van der Waals surface area contributed by atoms with Crippen LogP contribution >= 0.6 is 0 Å². The lowest BCUT2D eigenvalue weighted by Gasteiger charge is -2.39. The lowest BCUT2D eigenvalue weighted by molar-refractivity contribution is -0.136. The van der Waals surface area contributed by atoms with Crippen molar-refractivity contribution >= 4 is 11.8 Å². The first-order chi connectivity index (χ1) is 17.9. The van der Waals surface area contributed by atoms with Crippen molar-refractivity contribution in [3.05, 3.63) is 70.6 Å². The minimum Gasteiger partial charge on any atom is -0.493 e. The summed E-state index contributed by atoms with van der Waals surface area (Å²) < 4.78 is 27.2. The Morgan fingerprint density at radius 2 is 1.51 bits per heavy atom. The topological polar surface area (TPSA) is 92.3 Å². The average Bonchev–Trinajstić information content (AvgIpc) is 2.91. The Morgan fingerprint density at radius 3 is 2.16 bits per heavy atom. The Morgan fingerprint density at radius 1 is 0.892 bits per heavy atom. The molecule has 3 atom stereocenters. The second kappa shape index (κ2) is 11.0. The molecule has 1 aliphatic carbocycles. The van der Waals surface area contributed by atoms with Gasteiger partial charge in [0.25, 0.3) is 0 Å². The zero-order valence-electron chi connectivity index (χ0n) is 22.0. The van der Waals surface area contributed by atoms with Gasteiger partial charge in [-0.05, 0) is 49.2 Å². The van der Waals surface area contributed by atoms with Crippen LogP contribution in [0.4, 0.5) is 0 Å². The monoisotopic (exact) mass is 507 g/mol. The number of Topliss-reactive ketones (excluding diaryl/α,β-unsaturated/α-hetero) is 1. The molecule has 8 nitrogen and oxygen atoms in total. The van der Waals surface area contributed by atoms with Crippen LogP contribution in [-0.2, 0) is 14.3 Å². The van der Waals surface area contributed by atoms with E-state index < -0.39 is 17.8 Å². The molecule has 1 aliphatic heterocycles. The van der Waals surface area contributed by atoms with Gasteiger partial charge >= 0.3 is 5.97 Å². The van der Waals surface area contributed by atoms with Crippen molar-refractivity contribution in [3.8, 4) is 23.0 Å². The molecule has 2 aromatic rings. The number of carbonyl (C=O) groups excluding carboxylic acids is 2. The summed E-state index contributed by atoms with van der Waals surface area (Å²) in [5, 5.41) is 3.33. The number of ether oxygens (including phenoxy) is 5. The number of carbonyl (C=O) groups is 2. The van der Waals surface area contributed by atoms with Gasteiger partial charge in [0.05, 0.1) is 46.5 Å². The molecule has 2 aromatic carbocycles. The highest BCUT2D eigenvalue weighted by Gasteiger charge is 2.45. The molecule has 0 saturated heterocycles. The molecular formula is C29H33NO7. The third-order valence-electron chi connectivity index (χ3n) is 6.95. The molecule has 0 aromatic heterocycles. The maximum Gasteiger partial charge on any atom is 0.336 e. The van der Waals surface area contributed by atoms with Gasteiger partial charge in [-0.25, -0.2) is 4.79 Å². The summed E-state index contributed by atoms with van der Waals surface area (Å²) in [6.45, 7) is 4.21. The normalized spacial score (nSPS) is 20.9. The van der Waals surface area contributed by atoms with Crippen LogP contribution in [0.25, 0.3) is 0 Å². The number of hydrogen-bond acceptors (Lipinski definition) is 8. The SMILES string of the molecule is CCOc1ccc(C2C(C(=O)OC)=C(C)NC3=CC(c4ccc(OC)c(OC)c4)CC(=O)C32)cc1OC. The summed E-state index contributed by atoms with van der Waals surface area (Å²) in [7, 11) is 6.09. The van der Waals surface area contributed by atoms with Crippen molar-refractivity contribution in [2.24, 2.45) is 5.92 Å². The second-order valence-corrected chi connectivity index (χ2v) is 8.97. The van der Waals surface area contributed by atoms with Crippen LogP contribution in [0.5, 0.6) is 23.0 Å². The molecule has 3 unspecified atom stereocenters. The number of nitrogens with one attached hydrogen (secondary N) is 1. The van der Waals surface area contributed by atoms with Gasteiger partial charge in [0.1, 0.15) is 5.78 Å². The van der Waals surface area contributed by atoms with Crippen LogP contribution in [0.3, 0.4) is 0 Å². The number of methoxy groups -OCH3 is 4. The molecule has 8 heteroatoms. The number of esters is 1. The van der Waals surface area contributed by atoms with Gasteiger partial charge in [-0.3, -0.25) is 4.79 Å². The van der Waals surface area contributed by atoms with Gasteiger partial charge in [-0.15, -0.1) is 0 Å². The number of hydrogen-bond donors (Lipinski definition) is 1. The first-order valence-electron chi connectivity index (χ1n) is 12.2. The van der Waals surface area contributed by atoms with Gasteiger partial charge in [0.2, 0.25) is 0 Å². The smallest absolute Gasteiger partial charge is 0.336 e. The third-order valence-corrected chi connectivity index (χ3v) is 6.95. The van der Waals surface area contributed by atoms with Gasteiger partial charge in [-0.1, -0.05) is 18.2 Å². The van der Waals surface area contributed by atoms with E-state index in [2.05, 4.69) is 11.4 Å². The lowest BCUT2D eigenvalue weighted by atomic mass is 9.68. The van der Waals surface area contributed by atoms with Gasteiger partial charge in [0, 0.05) is 29.7 Å². The van der Waals surface area contributed by atoms with E-state index in [1.54, 1.807) is 21.3 Å². The van der Waals surface area contributed by atoms with E-state index in [1.165, 1.54) is 7.11 Å². The summed E-state index contributed by atoms with van der Waals surface area (Å²) in [6, 6.07) is 11.2. The third kappa shape index (κ3) is 4.88. The quantitative estimate of drug-likeness (QED) is 0.522. The maximum atomic E-state index is 13.8. The molecule has 0 spiro atoms. The first-order valence-corrected chi connectivity index (χ1v) is 12.2. The fourth-order valence-electron chi connectivity index (χ4n) is 5.26. The van der Waals surface area contributed by atoms with Crippen LogP contribution in [-0.4, -0.2) is 46.8 Å². The van der Waals surface area contributed by atoms with Crippen LogP contribution in [0.15, 0.2) is 59.4 Å². The van der Waals surface area contributed by atoms with Gasteiger partial charge < -0.3 is 29.0 Å². The molecule has 0 saturated carbocycles. The average molecular weight is 508 g/mol. The number of rotatable bonds is 8. The largest absolute Gasteiger partial charge is 0.493 e. The zero-order chi connectivity index (χ0) is 26.7. The summed E-state index contributed by atoms with van der Waals surface area (Å²) in [4.78, 5) is 26.7. The van der Waals surface area contributed by atoms with Crippen LogP contribution in [0.2, 0.25) is 0 Å². The Labute approximate surface area is 217 Å². The van der Waals surface area contributed by atoms with Crippen molar-refractivity contribution in [1.82, 2.24) is 5.32 Å². The standard InChI is InChI=1S/C29H33NO7/c1-7-37-23-11-9-18(15-25(23)35-5)27-26(29(32)36-6)16(2)30-20-12-19(13-21(31)28(20)27)17-8-10-22(33-3)24(14-17)34-4/h8-12,14-15,19,27-28,30H,7,13H2,1-6H3. The Hall–Kier alpha value is -3.94. The zero-order valence-corrected chi connectivity index (χ0v) is 22.0. The fourth-order valence-corrected chi connectivity index (χ4v) is 5.26. The van der Waals surface area contributed by atoms with E-state index in [0.29, 0.717) is 40.9 Å². The highest BCUT2D eigenvalue weighted by Crippen LogP contribution is 2.48. The van der Waals surface area contributed by atoms with E-state index in [-0.39, 0.29) is 18.1 Å². The van der Waals surface area contributed by atoms with Gasteiger partial charge in [-0.2, -0.15) is 0 Å². The lowest BCUT2D eigenvalue weighted by Crippen LogP contribution is -2.41. The van der Waals surface area contributed by atoms with Crippen LogP contribution < -0.4 is 24.3 Å². The minimum absolute atomic E-state index is 0.0246. The maximum absolute atomic E-state index is 13.8. The Balaban J connectivity index is 1.82. The molecular weight excluding hydrogens is 474 g/mol. The molecule has 2 aliphatic rings. The fraction of sp³-hybridized carbons (Fsp3) is 0.379. The van der Waals surface area contributed by atoms with E-state index in [0.717, 1.165) is 16.8 Å². The van der Waals surface area contributed by atoms with Crippen molar-refractivity contribution in [3.63, 3.8) is 0 Å². The summed E-state index contributed by atoms with van der Waals surface area (Å²) in [6.07, 6.45) is 2.35. The van der Waals surface area contributed by atoms with E-state index >= 15 is 0 Å². The molecule has 0 radical (unpaired) electrons. The molecule has 196 valence electrons. The summed E-state index contributed by atoms with van der Waals surface area (Å²) in [5.74, 6) is 0.648. The van der Waals surface area contributed by atoms with E-state index in [1.807, 2.05) is 50.2 Å². The van der Waals surface area contributed by atoms with Crippen LogP contribution in [0, 0.1) is 5.92 Å². The second-order valence-electron chi connectivity index (χ2n) is 8.97. The molecule has 1 N–H and O–H groups in total. The van der Waals surface area contributed by atoms with Crippen molar-refractivity contribution in [1.29, 1.82) is 0 Å². The van der Waals surface area contributed by atoms with Crippen LogP contribution in [0.1, 0.15) is 43.2 Å². The Bertz CT molecular complexity index is 1260. The molecule has 4 rings (SSSR count). The number of allylic oxidation sites excluding steroid dienone is 3.